The Kier molecular flexibility index (Phi) is 11.8. The molecule has 17 heteroatoms. The van der Waals surface area contributed by atoms with E-state index in [1.807, 2.05) is 0 Å². The van der Waals surface area contributed by atoms with Gasteiger partial charge in [0.05, 0.1) is 38.4 Å². The second-order valence-corrected chi connectivity index (χ2v) is 9.17. The van der Waals surface area contributed by atoms with Gasteiger partial charge in [0, 0.05) is 17.4 Å². The lowest BCUT2D eigenvalue weighted by atomic mass is 9.83. The number of carbonyl (C=O) groups is 4. The van der Waals surface area contributed by atoms with Crippen LogP contribution in [0.5, 0.6) is 0 Å². The second-order valence-electron chi connectivity index (χ2n) is 9.17. The molecular weight excluding hydrogens is 610 g/mol. The van der Waals surface area contributed by atoms with Crippen molar-refractivity contribution in [2.75, 3.05) is 34.4 Å². The molecule has 0 saturated carbocycles. The van der Waals surface area contributed by atoms with Crippen LogP contribution in [0.2, 0.25) is 0 Å². The molecule has 0 aromatic heterocycles. The van der Waals surface area contributed by atoms with E-state index < -0.39 is 88.0 Å². The van der Waals surface area contributed by atoms with E-state index in [1.165, 1.54) is 24.3 Å². The summed E-state index contributed by atoms with van der Waals surface area (Å²) < 4.78 is 91.8. The van der Waals surface area contributed by atoms with Crippen molar-refractivity contribution in [2.24, 2.45) is 11.8 Å². The number of carbonyl (C=O) groups excluding carboxylic acids is 4. The number of nitrogens with one attached hydrogen (secondary N) is 1. The topological polar surface area (TPSA) is 151 Å². The molecule has 11 nitrogen and oxygen atoms in total. The summed E-state index contributed by atoms with van der Waals surface area (Å²) in [5.74, 6) is -9.60. The Morgan fingerprint density at radius 1 is 0.886 bits per heavy atom. The van der Waals surface area contributed by atoms with Gasteiger partial charge < -0.3 is 19.5 Å². The summed E-state index contributed by atoms with van der Waals surface area (Å²) in [4.78, 5) is 56.9. The molecule has 3 atom stereocenters. The van der Waals surface area contributed by atoms with Crippen LogP contribution in [0.3, 0.4) is 0 Å². The summed E-state index contributed by atoms with van der Waals surface area (Å²) in [5.41, 5.74) is -2.64. The van der Waals surface area contributed by atoms with E-state index in [-0.39, 0.29) is 12.1 Å². The molecule has 240 valence electrons. The van der Waals surface area contributed by atoms with Gasteiger partial charge in [-0.05, 0) is 23.3 Å². The Morgan fingerprint density at radius 3 is 1.86 bits per heavy atom. The minimum atomic E-state index is -4.82. The lowest BCUT2D eigenvalue weighted by Crippen LogP contribution is -2.36. The molecule has 0 spiro atoms. The first-order chi connectivity index (χ1) is 20.5. The largest absolute Gasteiger partial charge is 0.468 e. The van der Waals surface area contributed by atoms with Gasteiger partial charge >= 0.3 is 30.3 Å². The monoisotopic (exact) mass is 636 g/mol. The number of alkyl halides is 6. The van der Waals surface area contributed by atoms with E-state index in [4.69, 9.17) is 0 Å². The van der Waals surface area contributed by atoms with E-state index in [2.05, 4.69) is 19.5 Å². The van der Waals surface area contributed by atoms with Crippen LogP contribution in [0, 0.1) is 22.0 Å². The number of methoxy groups -OCH3 is 3. The fourth-order valence-corrected chi connectivity index (χ4v) is 4.69. The highest BCUT2D eigenvalue weighted by Crippen LogP contribution is 2.40. The number of halogens is 6. The van der Waals surface area contributed by atoms with Crippen LogP contribution in [-0.4, -0.2) is 63.2 Å². The fourth-order valence-electron chi connectivity index (χ4n) is 4.69. The van der Waals surface area contributed by atoms with Gasteiger partial charge in [0.25, 0.3) is 0 Å². The Balaban J connectivity index is 0.000000311. The number of nitro groups is 1. The molecule has 1 aliphatic heterocycles. The van der Waals surface area contributed by atoms with Gasteiger partial charge in [-0.15, -0.1) is 0 Å². The predicted molar refractivity (Wildman–Crippen MR) is 136 cm³/mol. The van der Waals surface area contributed by atoms with Crippen molar-refractivity contribution < 1.29 is 64.7 Å². The van der Waals surface area contributed by atoms with Crippen LogP contribution in [-0.2, 0) is 45.7 Å². The quantitative estimate of drug-likeness (QED) is 0.114. The number of hydrogen-bond acceptors (Lipinski definition) is 9. The number of esters is 3. The molecular formula is C27H26F6N2O9. The van der Waals surface area contributed by atoms with E-state index in [0.717, 1.165) is 39.5 Å². The van der Waals surface area contributed by atoms with Gasteiger partial charge in [-0.2, -0.15) is 26.3 Å². The first kappa shape index (κ1) is 35.5. The lowest BCUT2D eigenvalue weighted by molar-refractivity contribution is -0.484. The van der Waals surface area contributed by atoms with Crippen LogP contribution < -0.4 is 5.32 Å². The number of rotatable bonds is 8. The molecule has 1 amide bonds. The Hall–Kier alpha value is -4.70. The van der Waals surface area contributed by atoms with Crippen LogP contribution in [0.25, 0.3) is 0 Å². The standard InChI is InChI=1S/C14H14F3NO6.C13H12F3NO3/c1-23-12(19)11(13(20)24-2)9(7-18(21)22)8-5-3-4-6-10(8)14(15,16)17;1-20-12(19)10-8(6-17-11(10)18)7-4-2-3-5-9(7)13(14,15)16/h3-6,9,11H,7H2,1-2H3;2-5,8,10H,6H2,1H3,(H,17,18)/t9-;8?,10-/m10/s1. The Bertz CT molecular complexity index is 1360. The highest BCUT2D eigenvalue weighted by molar-refractivity contribution is 6.00. The average molecular weight is 636 g/mol. The lowest BCUT2D eigenvalue weighted by Gasteiger charge is -2.23. The summed E-state index contributed by atoms with van der Waals surface area (Å²) in [5, 5.41) is 13.3. The third kappa shape index (κ3) is 8.44. The highest BCUT2D eigenvalue weighted by Gasteiger charge is 2.46. The number of amides is 1. The van der Waals surface area contributed by atoms with Crippen molar-refractivity contribution in [2.45, 2.75) is 24.2 Å². The van der Waals surface area contributed by atoms with Gasteiger partial charge in [-0.3, -0.25) is 29.3 Å². The van der Waals surface area contributed by atoms with E-state index >= 15 is 0 Å². The Morgan fingerprint density at radius 2 is 1.39 bits per heavy atom. The summed E-state index contributed by atoms with van der Waals surface area (Å²) in [6, 6.07) is 8.95. The first-order valence-electron chi connectivity index (χ1n) is 12.4. The van der Waals surface area contributed by atoms with Gasteiger partial charge in [-0.25, -0.2) is 0 Å². The number of ether oxygens (including phenoxy) is 3. The third-order valence-electron chi connectivity index (χ3n) is 6.63. The molecule has 2 aromatic rings. The van der Waals surface area contributed by atoms with E-state index in [9.17, 15) is 55.6 Å². The number of hydrogen-bond donors (Lipinski definition) is 1. The summed E-state index contributed by atoms with van der Waals surface area (Å²) in [7, 11) is 2.93. The molecule has 1 aliphatic rings. The minimum absolute atomic E-state index is 0.0221. The van der Waals surface area contributed by atoms with Crippen molar-refractivity contribution in [1.82, 2.24) is 5.32 Å². The molecule has 0 radical (unpaired) electrons. The molecule has 0 bridgehead atoms. The van der Waals surface area contributed by atoms with Crippen LogP contribution >= 0.6 is 0 Å². The van der Waals surface area contributed by atoms with E-state index in [0.29, 0.717) is 6.07 Å². The average Bonchev–Trinajstić information content (AvgIpc) is 3.36. The smallest absolute Gasteiger partial charge is 0.416 e. The zero-order valence-electron chi connectivity index (χ0n) is 23.2. The van der Waals surface area contributed by atoms with E-state index in [1.54, 1.807) is 0 Å². The molecule has 1 N–H and O–H groups in total. The van der Waals surface area contributed by atoms with Crippen molar-refractivity contribution in [3.05, 3.63) is 80.9 Å². The molecule has 3 rings (SSSR count). The number of benzene rings is 2. The SMILES string of the molecule is COC(=O)C(C(=O)OC)[C@H](C[N+](=O)[O-])c1ccccc1C(F)(F)F.COC(=O)[C@@H]1C(=O)NCC1c1ccccc1C(F)(F)F. The molecule has 1 heterocycles. The van der Waals surface area contributed by atoms with Gasteiger partial charge in [0.15, 0.2) is 5.92 Å². The normalized spacial score (nSPS) is 17.1. The zero-order chi connectivity index (χ0) is 33.4. The van der Waals surface area contributed by atoms with Crippen molar-refractivity contribution >= 4 is 23.8 Å². The zero-order valence-corrected chi connectivity index (χ0v) is 23.2. The summed E-state index contributed by atoms with van der Waals surface area (Å²) >= 11 is 0. The first-order valence-corrected chi connectivity index (χ1v) is 12.4. The molecule has 0 aliphatic carbocycles. The van der Waals surface area contributed by atoms with Gasteiger partial charge in [-0.1, -0.05) is 36.4 Å². The molecule has 44 heavy (non-hydrogen) atoms. The highest BCUT2D eigenvalue weighted by atomic mass is 19.4. The molecule has 1 fully saturated rings. The maximum absolute atomic E-state index is 13.2. The van der Waals surface area contributed by atoms with Crippen molar-refractivity contribution in [3.63, 3.8) is 0 Å². The van der Waals surface area contributed by atoms with Crippen molar-refractivity contribution in [1.29, 1.82) is 0 Å². The molecule has 2 aromatic carbocycles. The second kappa shape index (κ2) is 14.7. The van der Waals surface area contributed by atoms with Crippen LogP contribution in [0.4, 0.5) is 26.3 Å². The van der Waals surface area contributed by atoms with Gasteiger partial charge in [0.1, 0.15) is 5.92 Å². The summed E-state index contributed by atoms with van der Waals surface area (Å²) in [6.45, 7) is -1.10. The summed E-state index contributed by atoms with van der Waals surface area (Å²) in [6.07, 6.45) is -9.36. The molecule has 1 unspecified atom stereocenters. The van der Waals surface area contributed by atoms with Crippen molar-refractivity contribution in [3.8, 4) is 0 Å². The van der Waals surface area contributed by atoms with Crippen LogP contribution in [0.15, 0.2) is 48.5 Å². The number of nitrogens with zero attached hydrogens (tertiary/aromatic N) is 1. The maximum Gasteiger partial charge on any atom is 0.416 e. The van der Waals surface area contributed by atoms with Gasteiger partial charge in [0.2, 0.25) is 12.5 Å². The third-order valence-corrected chi connectivity index (χ3v) is 6.63. The molecule has 1 saturated heterocycles. The Labute approximate surface area is 245 Å². The fraction of sp³-hybridized carbons (Fsp3) is 0.407. The van der Waals surface area contributed by atoms with Crippen LogP contribution in [0.1, 0.15) is 34.1 Å². The predicted octanol–water partition coefficient (Wildman–Crippen LogP) is 3.74. The minimum Gasteiger partial charge on any atom is -0.468 e. The maximum atomic E-state index is 13.2.